The number of rotatable bonds is 4. The second kappa shape index (κ2) is 4.94. The SMILES string of the molecule is CC(C)S(=O)(=O)Cc1cn(C)c2cc(C(=O)O)ccc12. The Morgan fingerprint density at radius 2 is 2.00 bits per heavy atom. The highest BCUT2D eigenvalue weighted by Crippen LogP contribution is 2.24. The third-order valence-corrected chi connectivity index (χ3v) is 5.54. The minimum Gasteiger partial charge on any atom is -0.478 e. The molecule has 2 rings (SSSR count). The van der Waals surface area contributed by atoms with E-state index in [-0.39, 0.29) is 11.3 Å². The Balaban J connectivity index is 2.55. The van der Waals surface area contributed by atoms with Gasteiger partial charge in [-0.3, -0.25) is 0 Å². The number of carboxylic acids is 1. The third kappa shape index (κ3) is 2.56. The highest BCUT2D eigenvalue weighted by molar-refractivity contribution is 7.91. The molecule has 0 aliphatic rings. The van der Waals surface area contributed by atoms with Gasteiger partial charge in [-0.25, -0.2) is 13.2 Å². The number of fused-ring (bicyclic) bond motifs is 1. The zero-order chi connectivity index (χ0) is 15.1. The molecule has 0 saturated heterocycles. The van der Waals surface area contributed by atoms with Crippen LogP contribution in [0, 0.1) is 0 Å². The molecular formula is C14H17NO4S. The number of aromatic carboxylic acids is 1. The Morgan fingerprint density at radius 3 is 2.55 bits per heavy atom. The quantitative estimate of drug-likeness (QED) is 0.938. The van der Waals surface area contributed by atoms with Crippen molar-refractivity contribution in [2.45, 2.75) is 24.9 Å². The molecule has 0 amide bonds. The van der Waals surface area contributed by atoms with E-state index in [2.05, 4.69) is 0 Å². The average Bonchev–Trinajstić information content (AvgIpc) is 2.65. The van der Waals surface area contributed by atoms with Gasteiger partial charge in [-0.1, -0.05) is 6.07 Å². The van der Waals surface area contributed by atoms with Crippen molar-refractivity contribution in [3.63, 3.8) is 0 Å². The molecular weight excluding hydrogens is 278 g/mol. The highest BCUT2D eigenvalue weighted by atomic mass is 32.2. The van der Waals surface area contributed by atoms with Gasteiger partial charge < -0.3 is 9.67 Å². The summed E-state index contributed by atoms with van der Waals surface area (Å²) in [5.74, 6) is -1.03. The Hall–Kier alpha value is -1.82. The van der Waals surface area contributed by atoms with Crippen LogP contribution in [0.4, 0.5) is 0 Å². The summed E-state index contributed by atoms with van der Waals surface area (Å²) in [5.41, 5.74) is 1.61. The molecule has 0 atom stereocenters. The molecule has 6 heteroatoms. The van der Waals surface area contributed by atoms with Crippen LogP contribution in [-0.2, 0) is 22.6 Å². The monoisotopic (exact) mass is 295 g/mol. The normalized spacial score (nSPS) is 12.2. The molecule has 0 spiro atoms. The maximum atomic E-state index is 12.0. The molecule has 0 aliphatic carbocycles. The fourth-order valence-electron chi connectivity index (χ4n) is 2.10. The standard InChI is InChI=1S/C14H17NO4S/c1-9(2)20(18,19)8-11-7-15(3)13-6-10(14(16)17)4-5-12(11)13/h4-7,9H,8H2,1-3H3,(H,16,17). The van der Waals surface area contributed by atoms with Crippen LogP contribution in [0.15, 0.2) is 24.4 Å². The first-order valence-corrected chi connectivity index (χ1v) is 7.96. The second-order valence-electron chi connectivity index (χ2n) is 5.16. The van der Waals surface area contributed by atoms with Crippen LogP contribution >= 0.6 is 0 Å². The fraction of sp³-hybridized carbons (Fsp3) is 0.357. The van der Waals surface area contributed by atoms with E-state index in [1.165, 1.54) is 6.07 Å². The number of carboxylic acid groups (broad SMARTS) is 1. The Labute approximate surface area is 117 Å². The van der Waals surface area contributed by atoms with Crippen molar-refractivity contribution in [2.75, 3.05) is 0 Å². The topological polar surface area (TPSA) is 76.4 Å². The lowest BCUT2D eigenvalue weighted by Gasteiger charge is -2.06. The minimum atomic E-state index is -3.19. The van der Waals surface area contributed by atoms with Gasteiger partial charge in [0.05, 0.1) is 16.6 Å². The largest absolute Gasteiger partial charge is 0.478 e. The van der Waals surface area contributed by atoms with Crippen LogP contribution in [0.1, 0.15) is 29.8 Å². The van der Waals surface area contributed by atoms with E-state index < -0.39 is 21.1 Å². The van der Waals surface area contributed by atoms with E-state index in [0.29, 0.717) is 5.56 Å². The highest BCUT2D eigenvalue weighted by Gasteiger charge is 2.20. The van der Waals surface area contributed by atoms with Gasteiger partial charge in [-0.15, -0.1) is 0 Å². The zero-order valence-corrected chi connectivity index (χ0v) is 12.4. The summed E-state index contributed by atoms with van der Waals surface area (Å²) >= 11 is 0. The zero-order valence-electron chi connectivity index (χ0n) is 11.6. The Morgan fingerprint density at radius 1 is 1.35 bits per heavy atom. The van der Waals surface area contributed by atoms with Crippen molar-refractivity contribution < 1.29 is 18.3 Å². The van der Waals surface area contributed by atoms with Crippen molar-refractivity contribution in [3.8, 4) is 0 Å². The molecule has 0 unspecified atom stereocenters. The van der Waals surface area contributed by atoms with Crippen LogP contribution in [0.3, 0.4) is 0 Å². The van der Waals surface area contributed by atoms with E-state index in [0.717, 1.165) is 10.9 Å². The summed E-state index contributed by atoms with van der Waals surface area (Å²) in [4.78, 5) is 11.0. The predicted molar refractivity (Wildman–Crippen MR) is 77.6 cm³/mol. The fourth-order valence-corrected chi connectivity index (χ4v) is 3.10. The van der Waals surface area contributed by atoms with Gasteiger partial charge in [-0.2, -0.15) is 0 Å². The van der Waals surface area contributed by atoms with Crippen LogP contribution in [-0.4, -0.2) is 29.3 Å². The summed E-state index contributed by atoms with van der Waals surface area (Å²) in [6.07, 6.45) is 1.75. The molecule has 2 aromatic rings. The minimum absolute atomic E-state index is 0.0333. The smallest absolute Gasteiger partial charge is 0.335 e. The molecule has 1 N–H and O–H groups in total. The molecule has 0 bridgehead atoms. The van der Waals surface area contributed by atoms with Gasteiger partial charge in [0.1, 0.15) is 0 Å². The number of benzene rings is 1. The first-order chi connectivity index (χ1) is 9.22. The van der Waals surface area contributed by atoms with E-state index in [9.17, 15) is 13.2 Å². The van der Waals surface area contributed by atoms with E-state index in [1.807, 2.05) is 0 Å². The first-order valence-electron chi connectivity index (χ1n) is 6.25. The average molecular weight is 295 g/mol. The van der Waals surface area contributed by atoms with Gasteiger partial charge in [0.25, 0.3) is 0 Å². The maximum absolute atomic E-state index is 12.0. The van der Waals surface area contributed by atoms with E-state index in [1.54, 1.807) is 43.8 Å². The molecule has 20 heavy (non-hydrogen) atoms. The van der Waals surface area contributed by atoms with Crippen molar-refractivity contribution >= 4 is 26.7 Å². The van der Waals surface area contributed by atoms with E-state index in [4.69, 9.17) is 5.11 Å². The summed E-state index contributed by atoms with van der Waals surface area (Å²) in [5, 5.41) is 9.34. The second-order valence-corrected chi connectivity index (χ2v) is 7.72. The maximum Gasteiger partial charge on any atom is 0.335 e. The summed E-state index contributed by atoms with van der Waals surface area (Å²) in [6.45, 7) is 3.31. The number of aryl methyl sites for hydroxylation is 1. The Bertz CT molecular complexity index is 772. The molecule has 1 heterocycles. The molecule has 5 nitrogen and oxygen atoms in total. The van der Waals surface area contributed by atoms with Gasteiger partial charge in [0, 0.05) is 24.1 Å². The van der Waals surface area contributed by atoms with Crippen molar-refractivity contribution in [1.82, 2.24) is 4.57 Å². The van der Waals surface area contributed by atoms with Crippen LogP contribution in [0.25, 0.3) is 10.9 Å². The first kappa shape index (κ1) is 14.6. The third-order valence-electron chi connectivity index (χ3n) is 3.40. The van der Waals surface area contributed by atoms with Gasteiger partial charge in [0.2, 0.25) is 0 Å². The van der Waals surface area contributed by atoms with Gasteiger partial charge in [-0.05, 0) is 31.5 Å². The number of nitrogens with zero attached hydrogens (tertiary/aromatic N) is 1. The van der Waals surface area contributed by atoms with E-state index >= 15 is 0 Å². The summed E-state index contributed by atoms with van der Waals surface area (Å²) < 4.78 is 25.8. The lowest BCUT2D eigenvalue weighted by Crippen LogP contribution is -2.15. The lowest BCUT2D eigenvalue weighted by atomic mass is 10.1. The summed E-state index contributed by atoms with van der Waals surface area (Å²) in [6, 6.07) is 4.73. The number of sulfone groups is 1. The van der Waals surface area contributed by atoms with Crippen molar-refractivity contribution in [2.24, 2.45) is 7.05 Å². The van der Waals surface area contributed by atoms with Crippen LogP contribution < -0.4 is 0 Å². The molecule has 1 aromatic carbocycles. The van der Waals surface area contributed by atoms with Crippen molar-refractivity contribution in [1.29, 1.82) is 0 Å². The van der Waals surface area contributed by atoms with Crippen LogP contribution in [0.2, 0.25) is 0 Å². The van der Waals surface area contributed by atoms with Gasteiger partial charge >= 0.3 is 5.97 Å². The number of carbonyl (C=O) groups is 1. The predicted octanol–water partition coefficient (Wildman–Crippen LogP) is 2.20. The molecule has 0 aliphatic heterocycles. The number of hydrogen-bond acceptors (Lipinski definition) is 3. The molecule has 0 fully saturated rings. The number of hydrogen-bond donors (Lipinski definition) is 1. The van der Waals surface area contributed by atoms with Crippen LogP contribution in [0.5, 0.6) is 0 Å². The number of aromatic nitrogens is 1. The van der Waals surface area contributed by atoms with Gasteiger partial charge in [0.15, 0.2) is 9.84 Å². The van der Waals surface area contributed by atoms with Crippen molar-refractivity contribution in [3.05, 3.63) is 35.5 Å². The molecule has 108 valence electrons. The lowest BCUT2D eigenvalue weighted by molar-refractivity contribution is 0.0697. The molecule has 1 aromatic heterocycles. The Kier molecular flexibility index (Phi) is 3.60. The molecule has 0 saturated carbocycles. The summed E-state index contributed by atoms with van der Waals surface area (Å²) in [7, 11) is -1.41. The molecule has 0 radical (unpaired) electrons.